The van der Waals surface area contributed by atoms with Crippen LogP contribution in [-0.2, 0) is 6.61 Å². The Morgan fingerprint density at radius 3 is 2.50 bits per heavy atom. The third kappa shape index (κ3) is 3.38. The number of ether oxygens (including phenoxy) is 1. The smallest absolute Gasteiger partial charge is 0.251 e. The summed E-state index contributed by atoms with van der Waals surface area (Å²) in [7, 11) is 0. The Labute approximate surface area is 127 Å². The Hall–Kier alpha value is -2.95. The van der Waals surface area contributed by atoms with E-state index in [-0.39, 0.29) is 5.56 Å². The molecule has 5 nitrogen and oxygen atoms in total. The molecule has 3 rings (SSSR count). The molecule has 0 aliphatic carbocycles. The first-order valence-electron chi connectivity index (χ1n) is 6.91. The van der Waals surface area contributed by atoms with Crippen molar-refractivity contribution in [2.45, 2.75) is 13.5 Å². The molecule has 0 saturated heterocycles. The molecule has 0 bridgehead atoms. The van der Waals surface area contributed by atoms with Gasteiger partial charge in [-0.3, -0.25) is 9.78 Å². The largest absolute Gasteiger partial charge is 0.489 e. The van der Waals surface area contributed by atoms with Gasteiger partial charge in [-0.1, -0.05) is 0 Å². The SMILES string of the molecule is Cc1cc(=O)[nH]c(-c2ccc(OCc3ccncc3)cc2)n1. The van der Waals surface area contributed by atoms with Gasteiger partial charge in [-0.25, -0.2) is 4.98 Å². The monoisotopic (exact) mass is 293 g/mol. The fourth-order valence-corrected chi connectivity index (χ4v) is 2.07. The highest BCUT2D eigenvalue weighted by atomic mass is 16.5. The number of nitrogens with zero attached hydrogens (tertiary/aromatic N) is 2. The van der Waals surface area contributed by atoms with Crippen molar-refractivity contribution in [2.75, 3.05) is 0 Å². The zero-order chi connectivity index (χ0) is 15.4. The summed E-state index contributed by atoms with van der Waals surface area (Å²) in [6, 6.07) is 12.8. The summed E-state index contributed by atoms with van der Waals surface area (Å²) in [5.74, 6) is 1.32. The number of hydrogen-bond acceptors (Lipinski definition) is 4. The molecule has 1 N–H and O–H groups in total. The molecular weight excluding hydrogens is 278 g/mol. The highest BCUT2D eigenvalue weighted by Crippen LogP contribution is 2.19. The van der Waals surface area contributed by atoms with Crippen molar-refractivity contribution in [3.8, 4) is 17.1 Å². The van der Waals surface area contributed by atoms with Gasteiger partial charge in [0.05, 0.1) is 0 Å². The van der Waals surface area contributed by atoms with Gasteiger partial charge in [0.15, 0.2) is 0 Å². The predicted octanol–water partition coefficient (Wildman–Crippen LogP) is 2.72. The van der Waals surface area contributed by atoms with Crippen LogP contribution < -0.4 is 10.3 Å². The molecule has 0 unspecified atom stereocenters. The summed E-state index contributed by atoms with van der Waals surface area (Å²) in [4.78, 5) is 22.5. The second kappa shape index (κ2) is 6.22. The van der Waals surface area contributed by atoms with E-state index in [1.165, 1.54) is 6.07 Å². The molecule has 110 valence electrons. The van der Waals surface area contributed by atoms with Crippen molar-refractivity contribution in [1.29, 1.82) is 0 Å². The standard InChI is InChI=1S/C17H15N3O2/c1-12-10-16(21)20-17(19-12)14-2-4-15(5-3-14)22-11-13-6-8-18-9-7-13/h2-10H,11H2,1H3,(H,19,20,21). The Bertz CT molecular complexity index is 811. The highest BCUT2D eigenvalue weighted by Gasteiger charge is 2.03. The number of benzene rings is 1. The lowest BCUT2D eigenvalue weighted by Crippen LogP contribution is -2.08. The molecule has 1 aromatic carbocycles. The lowest BCUT2D eigenvalue weighted by atomic mass is 10.2. The molecule has 5 heteroatoms. The molecule has 0 spiro atoms. The number of aromatic amines is 1. The van der Waals surface area contributed by atoms with Crippen molar-refractivity contribution >= 4 is 0 Å². The zero-order valence-electron chi connectivity index (χ0n) is 12.1. The number of aromatic nitrogens is 3. The van der Waals surface area contributed by atoms with Crippen LogP contribution in [0, 0.1) is 6.92 Å². The maximum Gasteiger partial charge on any atom is 0.251 e. The van der Waals surface area contributed by atoms with Gasteiger partial charge in [0, 0.05) is 29.7 Å². The molecule has 2 aromatic heterocycles. The Balaban J connectivity index is 1.74. The van der Waals surface area contributed by atoms with E-state index in [0.29, 0.717) is 18.1 Å². The van der Waals surface area contributed by atoms with Crippen molar-refractivity contribution in [3.05, 3.63) is 76.5 Å². The molecule has 3 aromatic rings. The maximum absolute atomic E-state index is 11.5. The average molecular weight is 293 g/mol. The number of aryl methyl sites for hydroxylation is 1. The van der Waals surface area contributed by atoms with Crippen LogP contribution in [0.3, 0.4) is 0 Å². The van der Waals surface area contributed by atoms with Gasteiger partial charge < -0.3 is 9.72 Å². The highest BCUT2D eigenvalue weighted by molar-refractivity contribution is 5.56. The van der Waals surface area contributed by atoms with Crippen LogP contribution in [0.25, 0.3) is 11.4 Å². The summed E-state index contributed by atoms with van der Waals surface area (Å²) >= 11 is 0. The van der Waals surface area contributed by atoms with Crippen molar-refractivity contribution in [3.63, 3.8) is 0 Å². The van der Waals surface area contributed by atoms with E-state index in [4.69, 9.17) is 4.74 Å². The summed E-state index contributed by atoms with van der Waals surface area (Å²) < 4.78 is 5.71. The Morgan fingerprint density at radius 1 is 1.09 bits per heavy atom. The average Bonchev–Trinajstić information content (AvgIpc) is 2.53. The molecule has 0 saturated carbocycles. The van der Waals surface area contributed by atoms with Gasteiger partial charge in [0.25, 0.3) is 5.56 Å². The van der Waals surface area contributed by atoms with Crippen LogP contribution in [0.4, 0.5) is 0 Å². The van der Waals surface area contributed by atoms with Crippen molar-refractivity contribution < 1.29 is 4.74 Å². The molecule has 2 heterocycles. The first-order valence-corrected chi connectivity index (χ1v) is 6.91. The first kappa shape index (κ1) is 14.0. The molecular formula is C17H15N3O2. The fraction of sp³-hybridized carbons (Fsp3) is 0.118. The summed E-state index contributed by atoms with van der Waals surface area (Å²) in [6.07, 6.45) is 3.48. The van der Waals surface area contributed by atoms with Gasteiger partial charge in [-0.15, -0.1) is 0 Å². The van der Waals surface area contributed by atoms with Crippen LogP contribution in [0.15, 0.2) is 59.7 Å². The quantitative estimate of drug-likeness (QED) is 0.803. The Kier molecular flexibility index (Phi) is 3.96. The second-order valence-corrected chi connectivity index (χ2v) is 4.90. The number of nitrogens with one attached hydrogen (secondary N) is 1. The normalized spacial score (nSPS) is 10.4. The van der Waals surface area contributed by atoms with E-state index < -0.39 is 0 Å². The second-order valence-electron chi connectivity index (χ2n) is 4.90. The van der Waals surface area contributed by atoms with E-state index in [9.17, 15) is 4.79 Å². The third-order valence-corrected chi connectivity index (χ3v) is 3.15. The number of rotatable bonds is 4. The summed E-state index contributed by atoms with van der Waals surface area (Å²) in [5.41, 5.74) is 2.44. The lowest BCUT2D eigenvalue weighted by molar-refractivity contribution is 0.306. The zero-order valence-corrected chi connectivity index (χ0v) is 12.1. The van der Waals surface area contributed by atoms with Gasteiger partial charge in [0.1, 0.15) is 18.2 Å². The molecule has 0 aliphatic rings. The topological polar surface area (TPSA) is 67.9 Å². The van der Waals surface area contributed by atoms with Crippen molar-refractivity contribution in [2.24, 2.45) is 0 Å². The van der Waals surface area contributed by atoms with E-state index in [1.807, 2.05) is 36.4 Å². The molecule has 0 fully saturated rings. The van der Waals surface area contributed by atoms with Crippen LogP contribution in [0.1, 0.15) is 11.3 Å². The molecule has 22 heavy (non-hydrogen) atoms. The fourth-order valence-electron chi connectivity index (χ4n) is 2.07. The number of hydrogen-bond donors (Lipinski definition) is 1. The maximum atomic E-state index is 11.5. The minimum Gasteiger partial charge on any atom is -0.489 e. The number of H-pyrrole nitrogens is 1. The van der Waals surface area contributed by atoms with E-state index in [0.717, 1.165) is 16.9 Å². The first-order chi connectivity index (χ1) is 10.7. The van der Waals surface area contributed by atoms with E-state index >= 15 is 0 Å². The third-order valence-electron chi connectivity index (χ3n) is 3.15. The van der Waals surface area contributed by atoms with E-state index in [2.05, 4.69) is 15.0 Å². The van der Waals surface area contributed by atoms with Gasteiger partial charge >= 0.3 is 0 Å². The van der Waals surface area contributed by atoms with Crippen LogP contribution in [0.2, 0.25) is 0 Å². The van der Waals surface area contributed by atoms with Gasteiger partial charge in [-0.05, 0) is 48.9 Å². The van der Waals surface area contributed by atoms with Crippen LogP contribution in [-0.4, -0.2) is 15.0 Å². The molecule has 0 radical (unpaired) electrons. The lowest BCUT2D eigenvalue weighted by Gasteiger charge is -2.07. The summed E-state index contributed by atoms with van der Waals surface area (Å²) in [6.45, 7) is 2.28. The Morgan fingerprint density at radius 2 is 1.82 bits per heavy atom. The predicted molar refractivity (Wildman–Crippen MR) is 83.6 cm³/mol. The van der Waals surface area contributed by atoms with Crippen molar-refractivity contribution in [1.82, 2.24) is 15.0 Å². The number of pyridine rings is 1. The van der Waals surface area contributed by atoms with Gasteiger partial charge in [-0.2, -0.15) is 0 Å². The molecule has 0 amide bonds. The summed E-state index contributed by atoms with van der Waals surface area (Å²) in [5, 5.41) is 0. The van der Waals surface area contributed by atoms with Gasteiger partial charge in [0.2, 0.25) is 0 Å². The molecule has 0 aliphatic heterocycles. The minimum absolute atomic E-state index is 0.152. The minimum atomic E-state index is -0.152. The van der Waals surface area contributed by atoms with Crippen LogP contribution in [0.5, 0.6) is 5.75 Å². The van der Waals surface area contributed by atoms with E-state index in [1.54, 1.807) is 19.3 Å². The van der Waals surface area contributed by atoms with Crippen LogP contribution >= 0.6 is 0 Å². The molecule has 0 atom stereocenters.